The highest BCUT2D eigenvalue weighted by molar-refractivity contribution is 14.1. The zero-order valence-corrected chi connectivity index (χ0v) is 36.4. The van der Waals surface area contributed by atoms with Crippen LogP contribution in [0.15, 0.2) is 71.8 Å². The number of esters is 3. The van der Waals surface area contributed by atoms with Gasteiger partial charge in [-0.2, -0.15) is 0 Å². The van der Waals surface area contributed by atoms with Gasteiger partial charge in [0.15, 0.2) is 17.5 Å². The molecule has 320 valence electrons. The Morgan fingerprint density at radius 1 is 0.966 bits per heavy atom. The van der Waals surface area contributed by atoms with E-state index in [2.05, 4.69) is 5.32 Å². The van der Waals surface area contributed by atoms with Crippen molar-refractivity contribution >= 4 is 52.8 Å². The number of benzene rings is 2. The number of hydrogen-bond donors (Lipinski definition) is 4. The fraction of sp³-hybridized carbons (Fsp3) is 0.558. The van der Waals surface area contributed by atoms with Gasteiger partial charge in [0.1, 0.15) is 58.6 Å². The smallest absolute Gasteiger partial charge is 0.408 e. The molecule has 11 atom stereocenters. The number of carbonyl (C=O) groups is 5. The third-order valence-electron chi connectivity index (χ3n) is 12.6. The molecule has 16 heteroatoms. The second kappa shape index (κ2) is 16.2. The maximum Gasteiger partial charge on any atom is 0.408 e. The fourth-order valence-corrected chi connectivity index (χ4v) is 10.1. The van der Waals surface area contributed by atoms with E-state index in [1.54, 1.807) is 90.1 Å². The second-order valence-corrected chi connectivity index (χ2v) is 18.1. The van der Waals surface area contributed by atoms with Gasteiger partial charge in [0.25, 0.3) is 0 Å². The first-order valence-electron chi connectivity index (χ1n) is 19.5. The number of rotatable bonds is 9. The van der Waals surface area contributed by atoms with E-state index in [1.165, 1.54) is 49.0 Å². The third-order valence-corrected chi connectivity index (χ3v) is 13.2. The van der Waals surface area contributed by atoms with Crippen molar-refractivity contribution in [1.29, 1.82) is 0 Å². The average Bonchev–Trinajstić information content (AvgIpc) is 3.16. The minimum atomic E-state index is -2.32. The Hall–Kier alpha value is -3.94. The quantitative estimate of drug-likeness (QED) is 0.117. The lowest BCUT2D eigenvalue weighted by Crippen LogP contribution is -2.81. The fourth-order valence-electron chi connectivity index (χ4n) is 9.63. The number of Topliss-reactive ketones (excluding diaryl/α,β-unsaturated/α-hetero) is 1. The van der Waals surface area contributed by atoms with Crippen molar-refractivity contribution in [3.63, 3.8) is 0 Å². The van der Waals surface area contributed by atoms with Gasteiger partial charge in [-0.25, -0.2) is 14.4 Å². The van der Waals surface area contributed by atoms with E-state index in [-0.39, 0.29) is 29.7 Å². The molecule has 0 aromatic heterocycles. The van der Waals surface area contributed by atoms with Crippen LogP contribution < -0.4 is 5.32 Å². The number of ether oxygens (including phenoxy) is 5. The molecule has 2 bridgehead atoms. The van der Waals surface area contributed by atoms with Gasteiger partial charge in [0.2, 0.25) is 0 Å². The van der Waals surface area contributed by atoms with Crippen molar-refractivity contribution in [2.24, 2.45) is 16.7 Å². The Kier molecular flexibility index (Phi) is 12.2. The normalized spacial score (nSPS) is 33.3. The van der Waals surface area contributed by atoms with Gasteiger partial charge in [-0.1, -0.05) is 62.4 Å². The largest absolute Gasteiger partial charge is 0.456 e. The summed E-state index contributed by atoms with van der Waals surface area (Å²) in [7, 11) is 0. The van der Waals surface area contributed by atoms with Crippen LogP contribution in [-0.4, -0.2) is 105 Å². The number of aliphatic hydroxyl groups excluding tert-OH is 2. The van der Waals surface area contributed by atoms with Crippen molar-refractivity contribution in [1.82, 2.24) is 5.32 Å². The molecule has 6 rings (SSSR count). The maximum atomic E-state index is 15.0. The monoisotopic (exact) mass is 933 g/mol. The van der Waals surface area contributed by atoms with Crippen LogP contribution in [0, 0.1) is 16.7 Å². The highest BCUT2D eigenvalue weighted by Crippen LogP contribution is 2.64. The third kappa shape index (κ3) is 7.69. The van der Waals surface area contributed by atoms with Gasteiger partial charge in [0, 0.05) is 25.2 Å². The SMILES string of the molecule is CC(=O)O[C@@]12CO[C@@H]1C[C@H](O)[C@@]1(C)C(=O)[C@H](O)C3=C(C)[C@@H](OC(=O)[C@H](OI)[C@@H](NC(=O)OC(C)(C)C)c4ccccc4)C[C@@](O)([C@@H](OC(=O)c4ccccc4)[C@H]21)C3(C)C. The lowest BCUT2D eigenvalue weighted by Gasteiger charge is -2.67. The van der Waals surface area contributed by atoms with Crippen LogP contribution in [0.3, 0.4) is 0 Å². The van der Waals surface area contributed by atoms with Crippen LogP contribution in [0.25, 0.3) is 0 Å². The zero-order valence-electron chi connectivity index (χ0n) is 34.2. The number of carbonyl (C=O) groups excluding carboxylic acids is 5. The predicted octanol–water partition coefficient (Wildman–Crippen LogP) is 4.63. The standard InChI is InChI=1S/C43H52INO14/c1-22-26(55-37(51)32(59-44)30(24-15-11-9-12-16-24)45-38(52)58-39(3,4)5)20-43(53)35(56-36(50)25-17-13-10-14-18-25)33-41(8,34(49)31(48)29(22)40(43,6)7)27(47)19-28-42(33,21-54-28)57-23(2)46/h9-18,26-28,30-33,35,47-48,53H,19-21H2,1-8H3,(H,45,52)/t26-,27-,28+,30-,31+,32+,33-,35-,41+,42-,43+/m0/s1. The first-order chi connectivity index (χ1) is 27.5. The summed E-state index contributed by atoms with van der Waals surface area (Å²) in [4.78, 5) is 69.6. The van der Waals surface area contributed by atoms with Crippen molar-refractivity contribution < 1.29 is 66.0 Å². The molecular formula is C43H52INO14. The first kappa shape index (κ1) is 44.6. The van der Waals surface area contributed by atoms with E-state index in [9.17, 15) is 34.5 Å². The zero-order chi connectivity index (χ0) is 43.5. The topological polar surface area (TPSA) is 213 Å². The van der Waals surface area contributed by atoms with Crippen LogP contribution in [0.2, 0.25) is 0 Å². The summed E-state index contributed by atoms with van der Waals surface area (Å²) < 4.78 is 35.6. The molecule has 2 saturated carbocycles. The summed E-state index contributed by atoms with van der Waals surface area (Å²) >= 11 is 1.53. The molecule has 1 heterocycles. The average molecular weight is 934 g/mol. The molecule has 1 saturated heterocycles. The van der Waals surface area contributed by atoms with Crippen molar-refractivity contribution in [3.05, 3.63) is 82.9 Å². The molecule has 59 heavy (non-hydrogen) atoms. The number of ketones is 1. The maximum absolute atomic E-state index is 15.0. The Bertz CT molecular complexity index is 2000. The molecule has 1 aliphatic heterocycles. The van der Waals surface area contributed by atoms with Gasteiger partial charge >= 0.3 is 24.0 Å². The number of alkyl carbamates (subject to hydrolysis) is 1. The first-order valence-corrected chi connectivity index (χ1v) is 20.3. The lowest BCUT2D eigenvalue weighted by atomic mass is 9.44. The summed E-state index contributed by atoms with van der Waals surface area (Å²) in [6.07, 6.45) is -10.6. The summed E-state index contributed by atoms with van der Waals surface area (Å²) in [6.45, 7) is 12.1. The molecule has 1 amide bonds. The molecule has 2 aromatic rings. The number of aliphatic hydroxyl groups is 3. The molecule has 3 aliphatic carbocycles. The molecule has 0 spiro atoms. The van der Waals surface area contributed by atoms with Crippen molar-refractivity contribution in [2.45, 2.75) is 128 Å². The highest BCUT2D eigenvalue weighted by atomic mass is 127. The van der Waals surface area contributed by atoms with Crippen LogP contribution in [0.1, 0.15) is 90.2 Å². The van der Waals surface area contributed by atoms with Gasteiger partial charge in [0.05, 0.1) is 35.6 Å². The summed E-state index contributed by atoms with van der Waals surface area (Å²) in [5.41, 5.74) is -7.74. The van der Waals surface area contributed by atoms with E-state index in [4.69, 9.17) is 26.8 Å². The van der Waals surface area contributed by atoms with E-state index in [1.807, 2.05) is 0 Å². The summed E-state index contributed by atoms with van der Waals surface area (Å²) in [6, 6.07) is 15.3. The molecule has 0 unspecified atom stereocenters. The van der Waals surface area contributed by atoms with Gasteiger partial charge in [-0.05, 0) is 63.5 Å². The highest BCUT2D eigenvalue weighted by Gasteiger charge is 2.78. The van der Waals surface area contributed by atoms with E-state index in [0.29, 0.717) is 5.56 Å². The number of fused-ring (bicyclic) bond motifs is 5. The van der Waals surface area contributed by atoms with E-state index >= 15 is 4.79 Å². The van der Waals surface area contributed by atoms with Crippen molar-refractivity contribution in [2.75, 3.05) is 6.61 Å². The van der Waals surface area contributed by atoms with Gasteiger partial charge in [-0.15, -0.1) is 0 Å². The number of halogens is 1. The molecule has 0 radical (unpaired) electrons. The predicted molar refractivity (Wildman–Crippen MR) is 216 cm³/mol. The Labute approximate surface area is 356 Å². The van der Waals surface area contributed by atoms with Crippen molar-refractivity contribution in [3.8, 4) is 0 Å². The van der Waals surface area contributed by atoms with Gasteiger partial charge < -0.3 is 44.3 Å². The number of nitrogens with one attached hydrogen (secondary N) is 1. The Morgan fingerprint density at radius 3 is 2.12 bits per heavy atom. The lowest BCUT2D eigenvalue weighted by molar-refractivity contribution is -0.346. The Morgan fingerprint density at radius 2 is 1.58 bits per heavy atom. The minimum absolute atomic E-state index is 0.0198. The molecule has 4 aliphatic rings. The molecular weight excluding hydrogens is 881 g/mol. The second-order valence-electron chi connectivity index (χ2n) is 17.6. The van der Waals surface area contributed by atoms with Crippen LogP contribution in [-0.2, 0) is 41.1 Å². The molecule has 15 nitrogen and oxygen atoms in total. The number of hydrogen-bond acceptors (Lipinski definition) is 14. The number of amides is 1. The van der Waals surface area contributed by atoms with Crippen LogP contribution in [0.4, 0.5) is 4.79 Å². The van der Waals surface area contributed by atoms with Crippen LogP contribution in [0.5, 0.6) is 0 Å². The summed E-state index contributed by atoms with van der Waals surface area (Å²) in [5.74, 6) is -5.03. The molecule has 2 aromatic carbocycles. The van der Waals surface area contributed by atoms with Crippen LogP contribution >= 0.6 is 23.0 Å². The minimum Gasteiger partial charge on any atom is -0.456 e. The molecule has 4 N–H and O–H groups in total. The summed E-state index contributed by atoms with van der Waals surface area (Å²) in [5, 5.41) is 40.4. The van der Waals surface area contributed by atoms with Gasteiger partial charge in [-0.3, -0.25) is 12.7 Å². The van der Waals surface area contributed by atoms with E-state index < -0.39 is 112 Å². The van der Waals surface area contributed by atoms with E-state index in [0.717, 1.165) is 0 Å². The Balaban J connectivity index is 1.50. The molecule has 3 fully saturated rings.